The van der Waals surface area contributed by atoms with Crippen LogP contribution in [-0.4, -0.2) is 91.3 Å². The van der Waals surface area contributed by atoms with E-state index < -0.39 is 30.0 Å². The minimum atomic E-state index is -1.12. The zero-order valence-corrected chi connectivity index (χ0v) is 18.3. The average Bonchev–Trinajstić information content (AvgIpc) is 3.40. The molecule has 0 radical (unpaired) electrons. The van der Waals surface area contributed by atoms with Gasteiger partial charge in [0.2, 0.25) is 0 Å². The van der Waals surface area contributed by atoms with Gasteiger partial charge in [0.05, 0.1) is 30.8 Å². The fourth-order valence-corrected chi connectivity index (χ4v) is 5.15. The first-order chi connectivity index (χ1) is 15.9. The molecule has 1 amide bonds. The molecule has 0 bridgehead atoms. The van der Waals surface area contributed by atoms with Gasteiger partial charge in [-0.1, -0.05) is 0 Å². The van der Waals surface area contributed by atoms with Gasteiger partial charge < -0.3 is 20.5 Å². The van der Waals surface area contributed by atoms with Crippen molar-refractivity contribution < 1.29 is 13.6 Å². The Morgan fingerprint density at radius 1 is 1.27 bits per heavy atom. The molecule has 176 valence electrons. The molecule has 2 fully saturated rings. The van der Waals surface area contributed by atoms with Crippen molar-refractivity contribution in [2.45, 2.75) is 37.1 Å². The maximum atomic E-state index is 15.3. The van der Waals surface area contributed by atoms with E-state index in [4.69, 9.17) is 5.73 Å². The summed E-state index contributed by atoms with van der Waals surface area (Å²) >= 11 is 0. The molecule has 33 heavy (non-hydrogen) atoms. The zero-order valence-electron chi connectivity index (χ0n) is 18.3. The third-order valence-electron chi connectivity index (χ3n) is 6.66. The number of anilines is 1. The third-order valence-corrected chi connectivity index (χ3v) is 6.66. The highest BCUT2D eigenvalue weighted by Crippen LogP contribution is 2.28. The molecule has 5 rings (SSSR count). The van der Waals surface area contributed by atoms with Crippen LogP contribution in [0.5, 0.6) is 0 Å². The van der Waals surface area contributed by atoms with Crippen molar-refractivity contribution in [1.29, 1.82) is 0 Å². The van der Waals surface area contributed by atoms with Crippen LogP contribution in [0.3, 0.4) is 0 Å². The summed E-state index contributed by atoms with van der Waals surface area (Å²) in [6.45, 7) is 2.25. The van der Waals surface area contributed by atoms with Crippen LogP contribution in [0, 0.1) is 5.82 Å². The first-order valence-corrected chi connectivity index (χ1v) is 11.0. The van der Waals surface area contributed by atoms with Gasteiger partial charge in [0.15, 0.2) is 17.3 Å². The van der Waals surface area contributed by atoms with Gasteiger partial charge in [0, 0.05) is 44.6 Å². The first-order valence-electron chi connectivity index (χ1n) is 11.0. The van der Waals surface area contributed by atoms with Gasteiger partial charge in [-0.2, -0.15) is 0 Å². The van der Waals surface area contributed by atoms with E-state index in [1.54, 1.807) is 6.20 Å². The smallest absolute Gasteiger partial charge is 0.259 e. The topological polar surface area (TPSA) is 110 Å². The number of nitrogens with two attached hydrogens (primary N) is 1. The van der Waals surface area contributed by atoms with Crippen LogP contribution >= 0.6 is 0 Å². The number of likely N-dealkylation sites (N-methyl/N-ethyl adjacent to an activating group) is 1. The number of likely N-dealkylation sites (tertiary alicyclic amines) is 2. The highest BCUT2D eigenvalue weighted by atomic mass is 19.1. The minimum absolute atomic E-state index is 0.0516. The number of carbonyl (C=O) groups excluding carboxylic acids is 1. The molecule has 3 atom stereocenters. The summed E-state index contributed by atoms with van der Waals surface area (Å²) < 4.78 is 32.1. The van der Waals surface area contributed by atoms with Crippen molar-refractivity contribution in [2.24, 2.45) is 0 Å². The molecule has 2 aliphatic heterocycles. The molecule has 12 heteroatoms. The number of nitrogen functional groups attached to an aromatic ring is 1. The summed E-state index contributed by atoms with van der Waals surface area (Å²) in [7, 11) is 1.83. The molecule has 0 aliphatic carbocycles. The molecular formula is C21H27F2N9O. The molecule has 0 saturated carbocycles. The van der Waals surface area contributed by atoms with Gasteiger partial charge in [-0.15, -0.1) is 5.10 Å². The second-order valence-corrected chi connectivity index (χ2v) is 8.89. The van der Waals surface area contributed by atoms with E-state index in [9.17, 15) is 9.18 Å². The lowest BCUT2D eigenvalue weighted by atomic mass is 9.92. The quantitative estimate of drug-likeness (QED) is 0.592. The Balaban J connectivity index is 1.34. The van der Waals surface area contributed by atoms with Crippen LogP contribution in [0.4, 0.5) is 14.6 Å². The van der Waals surface area contributed by atoms with Crippen molar-refractivity contribution in [3.8, 4) is 0 Å². The molecule has 10 nitrogen and oxygen atoms in total. The molecule has 3 unspecified atom stereocenters. The normalized spacial score (nSPS) is 25.5. The maximum Gasteiger partial charge on any atom is 0.259 e. The van der Waals surface area contributed by atoms with E-state index in [2.05, 4.69) is 29.9 Å². The lowest BCUT2D eigenvalue weighted by Crippen LogP contribution is -2.65. The number of carbonyl (C=O) groups is 1. The number of rotatable bonds is 4. The summed E-state index contributed by atoms with van der Waals surface area (Å²) in [5.41, 5.74) is 6.17. The Labute approximate surface area is 189 Å². The van der Waals surface area contributed by atoms with Crippen LogP contribution in [0.25, 0.3) is 5.65 Å². The van der Waals surface area contributed by atoms with E-state index in [1.165, 1.54) is 0 Å². The molecule has 0 aromatic carbocycles. The SMILES string of the molecule is CN1CC(F)C(N2CCC(n3ccnc3)CC2)C(NC(=O)c2c(N)nn3cc(F)cnc23)C1. The number of piperidine rings is 2. The molecular weight excluding hydrogens is 432 g/mol. The Morgan fingerprint density at radius 2 is 2.06 bits per heavy atom. The van der Waals surface area contributed by atoms with E-state index in [1.807, 2.05) is 24.5 Å². The van der Waals surface area contributed by atoms with Crippen LogP contribution in [0.2, 0.25) is 0 Å². The molecule has 2 aliphatic rings. The third kappa shape index (κ3) is 4.15. The van der Waals surface area contributed by atoms with Crippen LogP contribution in [-0.2, 0) is 0 Å². The van der Waals surface area contributed by atoms with Gasteiger partial charge in [0.1, 0.15) is 11.7 Å². The Kier molecular flexibility index (Phi) is 5.71. The average molecular weight is 460 g/mol. The van der Waals surface area contributed by atoms with Crippen molar-refractivity contribution >= 4 is 17.4 Å². The van der Waals surface area contributed by atoms with Gasteiger partial charge in [-0.05, 0) is 19.9 Å². The predicted molar refractivity (Wildman–Crippen MR) is 117 cm³/mol. The van der Waals surface area contributed by atoms with Gasteiger partial charge in [0.25, 0.3) is 5.91 Å². The van der Waals surface area contributed by atoms with Crippen LogP contribution in [0.1, 0.15) is 29.2 Å². The lowest BCUT2D eigenvalue weighted by Gasteiger charge is -2.47. The molecule has 5 heterocycles. The van der Waals surface area contributed by atoms with Crippen molar-refractivity contribution in [1.82, 2.24) is 39.3 Å². The number of nitrogens with one attached hydrogen (secondary N) is 1. The molecule has 2 saturated heterocycles. The number of imidazole rings is 1. The fraction of sp³-hybridized carbons (Fsp3) is 0.524. The van der Waals surface area contributed by atoms with Gasteiger partial charge >= 0.3 is 0 Å². The summed E-state index contributed by atoms with van der Waals surface area (Å²) in [5.74, 6) is -1.14. The number of nitrogens with zero attached hydrogens (tertiary/aromatic N) is 7. The van der Waals surface area contributed by atoms with E-state index in [-0.39, 0.29) is 17.0 Å². The molecule has 3 N–H and O–H groups in total. The second-order valence-electron chi connectivity index (χ2n) is 8.89. The number of amides is 1. The monoisotopic (exact) mass is 459 g/mol. The summed E-state index contributed by atoms with van der Waals surface area (Å²) in [6.07, 6.45) is 8.30. The molecule has 0 spiro atoms. The van der Waals surface area contributed by atoms with Crippen molar-refractivity contribution in [3.05, 3.63) is 42.5 Å². The van der Waals surface area contributed by atoms with Crippen molar-refractivity contribution in [2.75, 3.05) is 39.0 Å². The zero-order chi connectivity index (χ0) is 23.1. The fourth-order valence-electron chi connectivity index (χ4n) is 5.15. The maximum absolute atomic E-state index is 15.3. The van der Waals surface area contributed by atoms with E-state index >= 15 is 4.39 Å². The molecule has 3 aromatic rings. The Bertz CT molecular complexity index is 1130. The number of halogens is 2. The predicted octanol–water partition coefficient (Wildman–Crippen LogP) is 0.735. The number of aromatic nitrogens is 5. The summed E-state index contributed by atoms with van der Waals surface area (Å²) in [4.78, 5) is 25.3. The summed E-state index contributed by atoms with van der Waals surface area (Å²) in [5, 5.41) is 6.96. The number of fused-ring (bicyclic) bond motifs is 1. The Morgan fingerprint density at radius 3 is 2.79 bits per heavy atom. The van der Waals surface area contributed by atoms with E-state index in [0.29, 0.717) is 19.1 Å². The highest BCUT2D eigenvalue weighted by Gasteiger charge is 2.42. The standard InChI is InChI=1S/C21H27F2N9O/c1-29-10-15(23)18(30-5-2-14(3-6-30)31-7-4-25-12-31)16(11-29)27-21(33)17-19(24)28-32-9-13(22)8-26-20(17)32/h4,7-9,12,14-16,18H,2-3,5-6,10-11H2,1H3,(H2,24,28)(H,27,33). The van der Waals surface area contributed by atoms with Gasteiger partial charge in [-0.3, -0.25) is 9.69 Å². The minimum Gasteiger partial charge on any atom is -0.381 e. The largest absolute Gasteiger partial charge is 0.381 e. The molecule has 3 aromatic heterocycles. The Hall–Kier alpha value is -3.12. The van der Waals surface area contributed by atoms with E-state index in [0.717, 1.165) is 42.8 Å². The first kappa shape index (κ1) is 21.7. The van der Waals surface area contributed by atoms with Gasteiger partial charge in [-0.25, -0.2) is 23.3 Å². The van der Waals surface area contributed by atoms with Crippen LogP contribution in [0.15, 0.2) is 31.1 Å². The van der Waals surface area contributed by atoms with Crippen molar-refractivity contribution in [3.63, 3.8) is 0 Å². The summed E-state index contributed by atoms with van der Waals surface area (Å²) in [6, 6.07) is -0.570. The number of hydrogen-bond donors (Lipinski definition) is 2. The number of alkyl halides is 1. The second kappa shape index (κ2) is 8.67. The lowest BCUT2D eigenvalue weighted by molar-refractivity contribution is 0.00361. The van der Waals surface area contributed by atoms with Crippen LogP contribution < -0.4 is 11.1 Å². The number of hydrogen-bond acceptors (Lipinski definition) is 7. The highest BCUT2D eigenvalue weighted by molar-refractivity contribution is 6.04.